The van der Waals surface area contributed by atoms with Gasteiger partial charge in [-0.25, -0.2) is 4.98 Å². The fourth-order valence-electron chi connectivity index (χ4n) is 5.06. The number of likely N-dealkylation sites (N-methyl/N-ethyl adjacent to an activating group) is 1. The second kappa shape index (κ2) is 9.64. The van der Waals surface area contributed by atoms with Crippen LogP contribution in [0, 0.1) is 0 Å². The van der Waals surface area contributed by atoms with Crippen molar-refractivity contribution < 1.29 is 14.7 Å². The second-order valence-electron chi connectivity index (χ2n) is 9.63. The molecule has 2 atom stereocenters. The lowest BCUT2D eigenvalue weighted by atomic mass is 10.00. The number of hydrogen-bond donors (Lipinski definition) is 2. The molecule has 0 radical (unpaired) electrons. The maximum atomic E-state index is 13.5. The number of fused-ring (bicyclic) bond motifs is 1. The molecule has 0 saturated carbocycles. The van der Waals surface area contributed by atoms with Gasteiger partial charge in [0.1, 0.15) is 0 Å². The Bertz CT molecular complexity index is 1250. The third-order valence-electron chi connectivity index (χ3n) is 7.08. The van der Waals surface area contributed by atoms with Crippen molar-refractivity contribution in [2.24, 2.45) is 7.05 Å². The highest BCUT2D eigenvalue weighted by Crippen LogP contribution is 2.29. The average Bonchev–Trinajstić information content (AvgIpc) is 3.55. The molecule has 2 aliphatic heterocycles. The second-order valence-corrected chi connectivity index (χ2v) is 9.63. The number of aliphatic hydroxyl groups excluding tert-OH is 1. The molecular weight excluding hydrogens is 442 g/mol. The van der Waals surface area contributed by atoms with Gasteiger partial charge in [-0.3, -0.25) is 14.5 Å². The summed E-state index contributed by atoms with van der Waals surface area (Å²) in [5.41, 5.74) is 5.75. The van der Waals surface area contributed by atoms with Crippen molar-refractivity contribution in [3.63, 3.8) is 0 Å². The number of amides is 2. The molecule has 182 valence electrons. The van der Waals surface area contributed by atoms with E-state index in [0.29, 0.717) is 19.5 Å². The van der Waals surface area contributed by atoms with E-state index >= 15 is 0 Å². The molecule has 1 saturated heterocycles. The molecule has 35 heavy (non-hydrogen) atoms. The van der Waals surface area contributed by atoms with Crippen LogP contribution in [-0.2, 0) is 29.5 Å². The maximum Gasteiger partial charge on any atom is 0.228 e. The molecule has 1 unspecified atom stereocenters. The van der Waals surface area contributed by atoms with Crippen molar-refractivity contribution in [2.75, 3.05) is 32.0 Å². The zero-order valence-corrected chi connectivity index (χ0v) is 20.1. The topological polar surface area (TPSA) is 90.7 Å². The molecule has 2 aliphatic rings. The number of anilines is 1. The van der Waals surface area contributed by atoms with Crippen molar-refractivity contribution in [1.82, 2.24) is 19.4 Å². The quantitative estimate of drug-likeness (QED) is 0.550. The van der Waals surface area contributed by atoms with Gasteiger partial charge >= 0.3 is 0 Å². The summed E-state index contributed by atoms with van der Waals surface area (Å²) in [5.74, 6) is -0.00767. The summed E-state index contributed by atoms with van der Waals surface area (Å²) in [5, 5.41) is 12.9. The smallest absolute Gasteiger partial charge is 0.228 e. The summed E-state index contributed by atoms with van der Waals surface area (Å²) < 4.78 is 1.98. The average molecular weight is 474 g/mol. The van der Waals surface area contributed by atoms with E-state index in [1.165, 1.54) is 0 Å². The Morgan fingerprint density at radius 3 is 2.89 bits per heavy atom. The van der Waals surface area contributed by atoms with Gasteiger partial charge in [0.2, 0.25) is 11.8 Å². The molecule has 3 aromatic rings. The van der Waals surface area contributed by atoms with Crippen molar-refractivity contribution in [2.45, 2.75) is 31.4 Å². The van der Waals surface area contributed by atoms with Crippen molar-refractivity contribution in [3.8, 4) is 11.3 Å². The minimum Gasteiger partial charge on any atom is -0.392 e. The summed E-state index contributed by atoms with van der Waals surface area (Å²) >= 11 is 0. The van der Waals surface area contributed by atoms with Gasteiger partial charge in [-0.2, -0.15) is 0 Å². The third kappa shape index (κ3) is 4.99. The molecule has 0 bridgehead atoms. The molecule has 8 heteroatoms. The number of aliphatic hydroxyl groups is 1. The molecule has 0 aliphatic carbocycles. The first kappa shape index (κ1) is 23.3. The summed E-state index contributed by atoms with van der Waals surface area (Å²) in [6.07, 6.45) is 4.69. The molecule has 2 aromatic carbocycles. The Morgan fingerprint density at radius 1 is 1.29 bits per heavy atom. The Balaban J connectivity index is 1.40. The van der Waals surface area contributed by atoms with Crippen LogP contribution in [0.2, 0.25) is 0 Å². The summed E-state index contributed by atoms with van der Waals surface area (Å²) in [6, 6.07) is 13.9. The van der Waals surface area contributed by atoms with E-state index in [1.807, 2.05) is 54.0 Å². The first-order chi connectivity index (χ1) is 16.9. The molecule has 1 aromatic heterocycles. The van der Waals surface area contributed by atoms with Gasteiger partial charge < -0.3 is 19.9 Å². The Hall–Kier alpha value is -3.49. The van der Waals surface area contributed by atoms with Crippen LogP contribution >= 0.6 is 0 Å². The van der Waals surface area contributed by atoms with Crippen molar-refractivity contribution in [3.05, 3.63) is 71.7 Å². The molecule has 2 amide bonds. The number of aromatic nitrogens is 2. The van der Waals surface area contributed by atoms with Crippen LogP contribution in [0.1, 0.15) is 29.2 Å². The Labute approximate surface area is 205 Å². The predicted octanol–water partition coefficient (Wildman–Crippen LogP) is 2.39. The Kier molecular flexibility index (Phi) is 6.40. The van der Waals surface area contributed by atoms with E-state index in [1.54, 1.807) is 6.33 Å². The zero-order valence-electron chi connectivity index (χ0n) is 20.1. The molecule has 5 rings (SSSR count). The van der Waals surface area contributed by atoms with E-state index < -0.39 is 0 Å². The van der Waals surface area contributed by atoms with Gasteiger partial charge in [-0.1, -0.05) is 30.3 Å². The number of hydrogen-bond acceptors (Lipinski definition) is 5. The minimum atomic E-state index is -0.320. The molecule has 2 N–H and O–H groups in total. The van der Waals surface area contributed by atoms with Crippen LogP contribution in [0.25, 0.3) is 11.3 Å². The van der Waals surface area contributed by atoms with Crippen LogP contribution in [0.3, 0.4) is 0 Å². The summed E-state index contributed by atoms with van der Waals surface area (Å²) in [4.78, 5) is 33.4. The van der Waals surface area contributed by atoms with Crippen LogP contribution in [0.15, 0.2) is 55.0 Å². The van der Waals surface area contributed by atoms with Gasteiger partial charge in [0.25, 0.3) is 0 Å². The first-order valence-corrected chi connectivity index (χ1v) is 12.0. The number of nitrogens with zero attached hydrogens (tertiary/aromatic N) is 4. The fourth-order valence-corrected chi connectivity index (χ4v) is 5.06. The normalized spacial score (nSPS) is 18.4. The fraction of sp³-hybridized carbons (Fsp3) is 0.370. The van der Waals surface area contributed by atoms with Crippen LogP contribution in [0.4, 0.5) is 5.69 Å². The summed E-state index contributed by atoms with van der Waals surface area (Å²) in [6.45, 7) is 2.07. The number of carbonyl (C=O) groups is 2. The third-order valence-corrected chi connectivity index (χ3v) is 7.08. The van der Waals surface area contributed by atoms with Crippen LogP contribution < -0.4 is 5.32 Å². The number of benzene rings is 2. The van der Waals surface area contributed by atoms with E-state index in [2.05, 4.69) is 33.4 Å². The monoisotopic (exact) mass is 473 g/mol. The zero-order chi connectivity index (χ0) is 24.5. The first-order valence-electron chi connectivity index (χ1n) is 12.0. The van der Waals surface area contributed by atoms with E-state index in [9.17, 15) is 14.7 Å². The lowest BCUT2D eigenvalue weighted by molar-refractivity contribution is -0.131. The number of nitrogens with one attached hydrogen (secondary N) is 1. The molecule has 1 fully saturated rings. The Morgan fingerprint density at radius 2 is 2.14 bits per heavy atom. The van der Waals surface area contributed by atoms with Crippen LogP contribution in [0.5, 0.6) is 0 Å². The highest BCUT2D eigenvalue weighted by atomic mass is 16.3. The molecule has 3 heterocycles. The lowest BCUT2D eigenvalue weighted by Crippen LogP contribution is -2.39. The largest absolute Gasteiger partial charge is 0.392 e. The number of imidazole rings is 1. The van der Waals surface area contributed by atoms with Crippen molar-refractivity contribution >= 4 is 17.5 Å². The van der Waals surface area contributed by atoms with Gasteiger partial charge in [0.05, 0.1) is 43.2 Å². The van der Waals surface area contributed by atoms with Gasteiger partial charge in [-0.15, -0.1) is 0 Å². The minimum absolute atomic E-state index is 0.00459. The molecular formula is C27H31N5O3. The molecule has 0 spiro atoms. The summed E-state index contributed by atoms with van der Waals surface area (Å²) in [7, 11) is 3.82. The van der Waals surface area contributed by atoms with Crippen molar-refractivity contribution in [1.29, 1.82) is 0 Å². The van der Waals surface area contributed by atoms with Gasteiger partial charge in [0, 0.05) is 45.0 Å². The van der Waals surface area contributed by atoms with E-state index in [-0.39, 0.29) is 30.4 Å². The standard InChI is InChI=1S/C27H31N5O3/c1-30-17-28-14-24(30)20-4-3-5-21(12-20)25(16-32-9-8-22(33)15-32)31(2)27(35)11-18-6-7-19-13-26(34)29-23(19)10-18/h3-7,10,12,14,17,22,25,33H,8-9,11,13,15-16H2,1-2H3,(H,29,34)/t22?,25-/m1/s1. The number of rotatable bonds is 7. The number of carbonyl (C=O) groups excluding carboxylic acids is 2. The molecule has 8 nitrogen and oxygen atoms in total. The van der Waals surface area contributed by atoms with Gasteiger partial charge in [0.15, 0.2) is 0 Å². The predicted molar refractivity (Wildman–Crippen MR) is 134 cm³/mol. The van der Waals surface area contributed by atoms with E-state index in [4.69, 9.17) is 0 Å². The van der Waals surface area contributed by atoms with Crippen LogP contribution in [-0.4, -0.2) is 69.1 Å². The lowest BCUT2D eigenvalue weighted by Gasteiger charge is -2.32. The number of β-amino-alcohol motifs (C(OH)–C–C–N with tert-alkyl or cyclic N) is 1. The van der Waals surface area contributed by atoms with Gasteiger partial charge in [-0.05, 0) is 35.2 Å². The highest BCUT2D eigenvalue weighted by Gasteiger charge is 2.29. The van der Waals surface area contributed by atoms with E-state index in [0.717, 1.165) is 46.6 Å². The maximum absolute atomic E-state index is 13.5. The highest BCUT2D eigenvalue weighted by molar-refractivity contribution is 5.99. The SMILES string of the molecule is CN(C(=O)Cc1ccc2c(c1)NC(=O)C2)[C@H](CN1CCC(O)C1)c1cccc(-c2cncn2C)c1. The number of likely N-dealkylation sites (tertiary alicyclic amines) is 1. The number of aryl methyl sites for hydroxylation is 1.